The van der Waals surface area contributed by atoms with Crippen molar-refractivity contribution < 1.29 is 4.39 Å². The Morgan fingerprint density at radius 1 is 1.41 bits per heavy atom. The predicted octanol–water partition coefficient (Wildman–Crippen LogP) is 2.63. The summed E-state index contributed by atoms with van der Waals surface area (Å²) >= 11 is 0. The first-order valence-corrected chi connectivity index (χ1v) is 6.25. The molecule has 1 aromatic rings. The highest BCUT2D eigenvalue weighted by atomic mass is 19.1. The van der Waals surface area contributed by atoms with Gasteiger partial charge in [0.05, 0.1) is 0 Å². The molecule has 0 saturated heterocycles. The van der Waals surface area contributed by atoms with Crippen LogP contribution in [0.4, 0.5) is 4.39 Å². The third-order valence-corrected chi connectivity index (χ3v) is 2.98. The first-order valence-electron chi connectivity index (χ1n) is 6.25. The number of halogens is 1. The quantitative estimate of drug-likeness (QED) is 0.791. The normalized spacial score (nSPS) is 13.0. The van der Waals surface area contributed by atoms with E-state index in [9.17, 15) is 4.39 Å². The molecule has 1 aromatic carbocycles. The lowest BCUT2D eigenvalue weighted by molar-refractivity contribution is 0.308. The van der Waals surface area contributed by atoms with E-state index in [4.69, 9.17) is 5.73 Å². The fourth-order valence-corrected chi connectivity index (χ4v) is 1.85. The van der Waals surface area contributed by atoms with E-state index < -0.39 is 0 Å². The predicted molar refractivity (Wildman–Crippen MR) is 70.2 cm³/mol. The minimum Gasteiger partial charge on any atom is -0.330 e. The highest BCUT2D eigenvalue weighted by Crippen LogP contribution is 2.08. The zero-order valence-electron chi connectivity index (χ0n) is 10.8. The van der Waals surface area contributed by atoms with E-state index in [-0.39, 0.29) is 5.82 Å². The van der Waals surface area contributed by atoms with Crippen molar-refractivity contribution >= 4 is 0 Å². The Morgan fingerprint density at radius 2 is 2.18 bits per heavy atom. The summed E-state index contributed by atoms with van der Waals surface area (Å²) in [6, 6.07) is 6.79. The third-order valence-electron chi connectivity index (χ3n) is 2.98. The SMILES string of the molecule is CC(CN)CCCN(C)Cc1cccc(F)c1. The lowest BCUT2D eigenvalue weighted by atomic mass is 10.1. The van der Waals surface area contributed by atoms with Crippen molar-refractivity contribution in [2.75, 3.05) is 20.1 Å². The summed E-state index contributed by atoms with van der Waals surface area (Å²) in [7, 11) is 2.07. The molecule has 0 aliphatic heterocycles. The Hall–Kier alpha value is -0.930. The van der Waals surface area contributed by atoms with Crippen molar-refractivity contribution in [3.05, 3.63) is 35.6 Å². The Labute approximate surface area is 104 Å². The van der Waals surface area contributed by atoms with Crippen LogP contribution in [0.5, 0.6) is 0 Å². The van der Waals surface area contributed by atoms with Crippen LogP contribution in [0.3, 0.4) is 0 Å². The number of rotatable bonds is 7. The first kappa shape index (κ1) is 14.1. The molecule has 0 aromatic heterocycles. The van der Waals surface area contributed by atoms with Gasteiger partial charge in [0.25, 0.3) is 0 Å². The van der Waals surface area contributed by atoms with E-state index in [2.05, 4.69) is 18.9 Å². The van der Waals surface area contributed by atoms with E-state index in [0.29, 0.717) is 5.92 Å². The topological polar surface area (TPSA) is 29.3 Å². The van der Waals surface area contributed by atoms with Crippen molar-refractivity contribution in [1.82, 2.24) is 4.90 Å². The summed E-state index contributed by atoms with van der Waals surface area (Å²) in [4.78, 5) is 2.22. The average Bonchev–Trinajstić information content (AvgIpc) is 2.28. The van der Waals surface area contributed by atoms with Gasteiger partial charge in [-0.3, -0.25) is 0 Å². The van der Waals surface area contributed by atoms with E-state index in [1.54, 1.807) is 12.1 Å². The fourth-order valence-electron chi connectivity index (χ4n) is 1.85. The molecule has 0 heterocycles. The molecule has 0 fully saturated rings. The van der Waals surface area contributed by atoms with Crippen LogP contribution >= 0.6 is 0 Å². The monoisotopic (exact) mass is 238 g/mol. The van der Waals surface area contributed by atoms with Crippen LogP contribution in [0.25, 0.3) is 0 Å². The number of hydrogen-bond acceptors (Lipinski definition) is 2. The Morgan fingerprint density at radius 3 is 2.82 bits per heavy atom. The molecule has 0 spiro atoms. The van der Waals surface area contributed by atoms with Crippen LogP contribution in [0.1, 0.15) is 25.3 Å². The summed E-state index contributed by atoms with van der Waals surface area (Å²) in [6.45, 7) is 4.76. The zero-order valence-corrected chi connectivity index (χ0v) is 10.8. The molecule has 0 radical (unpaired) electrons. The van der Waals surface area contributed by atoms with Gasteiger partial charge in [0, 0.05) is 6.54 Å². The van der Waals surface area contributed by atoms with Gasteiger partial charge in [-0.1, -0.05) is 19.1 Å². The van der Waals surface area contributed by atoms with Gasteiger partial charge in [-0.2, -0.15) is 0 Å². The number of nitrogens with two attached hydrogens (primary N) is 1. The van der Waals surface area contributed by atoms with Crippen molar-refractivity contribution in [2.45, 2.75) is 26.3 Å². The van der Waals surface area contributed by atoms with Gasteiger partial charge in [-0.15, -0.1) is 0 Å². The molecular formula is C14H23FN2. The standard InChI is InChI=1S/C14H23FN2/c1-12(10-16)5-4-8-17(2)11-13-6-3-7-14(15)9-13/h3,6-7,9,12H,4-5,8,10-11,16H2,1-2H3. The molecule has 0 saturated carbocycles. The number of nitrogens with zero attached hydrogens (tertiary/aromatic N) is 1. The summed E-state index contributed by atoms with van der Waals surface area (Å²) in [6.07, 6.45) is 2.30. The molecule has 1 unspecified atom stereocenters. The number of hydrogen-bond donors (Lipinski definition) is 1. The lowest BCUT2D eigenvalue weighted by Crippen LogP contribution is -2.20. The Bertz CT molecular complexity index is 328. The molecule has 0 aliphatic rings. The summed E-state index contributed by atoms with van der Waals surface area (Å²) in [5, 5.41) is 0. The van der Waals surface area contributed by atoms with Crippen LogP contribution in [-0.4, -0.2) is 25.0 Å². The average molecular weight is 238 g/mol. The smallest absolute Gasteiger partial charge is 0.123 e. The fraction of sp³-hybridized carbons (Fsp3) is 0.571. The summed E-state index contributed by atoms with van der Waals surface area (Å²) < 4.78 is 13.0. The van der Waals surface area contributed by atoms with Gasteiger partial charge in [0.2, 0.25) is 0 Å². The lowest BCUT2D eigenvalue weighted by Gasteiger charge is -2.17. The van der Waals surface area contributed by atoms with Gasteiger partial charge < -0.3 is 10.6 Å². The molecular weight excluding hydrogens is 215 g/mol. The van der Waals surface area contributed by atoms with Crippen LogP contribution in [-0.2, 0) is 6.54 Å². The molecule has 1 atom stereocenters. The van der Waals surface area contributed by atoms with E-state index in [0.717, 1.165) is 38.0 Å². The van der Waals surface area contributed by atoms with E-state index >= 15 is 0 Å². The highest BCUT2D eigenvalue weighted by Gasteiger charge is 2.03. The Kier molecular flexibility index (Phi) is 6.16. The van der Waals surface area contributed by atoms with E-state index in [1.165, 1.54) is 6.07 Å². The van der Waals surface area contributed by atoms with Crippen LogP contribution in [0.15, 0.2) is 24.3 Å². The van der Waals surface area contributed by atoms with Gasteiger partial charge in [0.15, 0.2) is 0 Å². The summed E-state index contributed by atoms with van der Waals surface area (Å²) in [5.74, 6) is 0.435. The second kappa shape index (κ2) is 7.41. The third kappa shape index (κ3) is 5.80. The summed E-state index contributed by atoms with van der Waals surface area (Å²) in [5.41, 5.74) is 6.60. The van der Waals surface area contributed by atoms with E-state index in [1.807, 2.05) is 6.07 Å². The highest BCUT2D eigenvalue weighted by molar-refractivity contribution is 5.15. The van der Waals surface area contributed by atoms with Crippen molar-refractivity contribution in [1.29, 1.82) is 0 Å². The largest absolute Gasteiger partial charge is 0.330 e. The second-order valence-corrected chi connectivity index (χ2v) is 4.85. The molecule has 0 amide bonds. The van der Waals surface area contributed by atoms with Crippen LogP contribution in [0, 0.1) is 11.7 Å². The number of benzene rings is 1. The molecule has 3 heteroatoms. The Balaban J connectivity index is 2.27. The molecule has 2 nitrogen and oxygen atoms in total. The minimum absolute atomic E-state index is 0.160. The van der Waals surface area contributed by atoms with Gasteiger partial charge in [0.1, 0.15) is 5.82 Å². The maximum Gasteiger partial charge on any atom is 0.123 e. The van der Waals surface area contributed by atoms with Crippen molar-refractivity contribution in [3.63, 3.8) is 0 Å². The van der Waals surface area contributed by atoms with Crippen LogP contribution < -0.4 is 5.73 Å². The van der Waals surface area contributed by atoms with Gasteiger partial charge >= 0.3 is 0 Å². The molecule has 0 bridgehead atoms. The molecule has 1 rings (SSSR count). The minimum atomic E-state index is -0.160. The molecule has 2 N–H and O–H groups in total. The molecule has 17 heavy (non-hydrogen) atoms. The van der Waals surface area contributed by atoms with Gasteiger partial charge in [-0.25, -0.2) is 4.39 Å². The molecule has 0 aliphatic carbocycles. The van der Waals surface area contributed by atoms with Crippen molar-refractivity contribution in [3.8, 4) is 0 Å². The van der Waals surface area contributed by atoms with Gasteiger partial charge in [-0.05, 0) is 56.6 Å². The zero-order chi connectivity index (χ0) is 12.7. The molecule has 96 valence electrons. The maximum absolute atomic E-state index is 13.0. The van der Waals surface area contributed by atoms with Crippen molar-refractivity contribution in [2.24, 2.45) is 11.7 Å². The second-order valence-electron chi connectivity index (χ2n) is 4.85. The van der Waals surface area contributed by atoms with Crippen LogP contribution in [0.2, 0.25) is 0 Å². The maximum atomic E-state index is 13.0. The first-order chi connectivity index (χ1) is 8.11.